The largest absolute Gasteiger partial charge is 0.330 e. The van der Waals surface area contributed by atoms with E-state index >= 15 is 0 Å². The van der Waals surface area contributed by atoms with Crippen LogP contribution in [0.25, 0.3) is 0 Å². The fraction of sp³-hybridized carbons (Fsp3) is 0.417. The number of aldehydes is 1. The molecule has 2 nitrogen and oxygen atoms in total. The van der Waals surface area contributed by atoms with Crippen LogP contribution in [0.3, 0.4) is 0 Å². The number of hydrogen-bond donors (Lipinski definition) is 1. The van der Waals surface area contributed by atoms with Gasteiger partial charge >= 0.3 is 0 Å². The molecule has 1 aromatic rings. The molecule has 0 spiro atoms. The molecule has 0 unspecified atom stereocenters. The number of carbonyl (C=O) groups excluding carboxylic acids is 1. The first-order chi connectivity index (χ1) is 7.19. The first-order valence-corrected chi connectivity index (χ1v) is 5.13. The zero-order chi connectivity index (χ0) is 11.3. The SMILES string of the molecule is Cc1cc(C=O)c(CCCCN)cc1F. The van der Waals surface area contributed by atoms with Crippen molar-refractivity contribution in [1.29, 1.82) is 0 Å². The highest BCUT2D eigenvalue weighted by atomic mass is 19.1. The van der Waals surface area contributed by atoms with Crippen LogP contribution >= 0.6 is 0 Å². The van der Waals surface area contributed by atoms with E-state index in [9.17, 15) is 9.18 Å². The van der Waals surface area contributed by atoms with Crippen LogP contribution in [0, 0.1) is 12.7 Å². The smallest absolute Gasteiger partial charge is 0.150 e. The molecule has 0 atom stereocenters. The Bertz CT molecular complexity index is 350. The molecule has 0 amide bonds. The van der Waals surface area contributed by atoms with Crippen molar-refractivity contribution in [3.05, 3.63) is 34.6 Å². The highest BCUT2D eigenvalue weighted by Gasteiger charge is 2.06. The van der Waals surface area contributed by atoms with Crippen molar-refractivity contribution in [2.45, 2.75) is 26.2 Å². The lowest BCUT2D eigenvalue weighted by atomic mass is 10.00. The van der Waals surface area contributed by atoms with Gasteiger partial charge in [0.15, 0.2) is 0 Å². The van der Waals surface area contributed by atoms with E-state index in [0.29, 0.717) is 24.1 Å². The molecule has 0 aliphatic carbocycles. The van der Waals surface area contributed by atoms with Gasteiger partial charge in [0.05, 0.1) is 0 Å². The lowest BCUT2D eigenvalue weighted by Crippen LogP contribution is -2.01. The zero-order valence-electron chi connectivity index (χ0n) is 8.92. The number of aryl methyl sites for hydroxylation is 2. The van der Waals surface area contributed by atoms with Crippen molar-refractivity contribution in [3.8, 4) is 0 Å². The van der Waals surface area contributed by atoms with Crippen LogP contribution in [-0.2, 0) is 6.42 Å². The summed E-state index contributed by atoms with van der Waals surface area (Å²) >= 11 is 0. The minimum absolute atomic E-state index is 0.247. The van der Waals surface area contributed by atoms with Crippen molar-refractivity contribution in [2.75, 3.05) is 6.54 Å². The van der Waals surface area contributed by atoms with Crippen molar-refractivity contribution < 1.29 is 9.18 Å². The molecule has 0 aromatic heterocycles. The Balaban J connectivity index is 2.85. The van der Waals surface area contributed by atoms with Gasteiger partial charge in [0.2, 0.25) is 0 Å². The summed E-state index contributed by atoms with van der Waals surface area (Å²) in [6, 6.07) is 3.05. The lowest BCUT2D eigenvalue weighted by molar-refractivity contribution is 0.112. The Labute approximate surface area is 89.3 Å². The number of halogens is 1. The third kappa shape index (κ3) is 3.13. The molecule has 0 fully saturated rings. The summed E-state index contributed by atoms with van der Waals surface area (Å²) in [6.45, 7) is 2.29. The Morgan fingerprint density at radius 3 is 2.73 bits per heavy atom. The van der Waals surface area contributed by atoms with E-state index in [2.05, 4.69) is 0 Å². The number of rotatable bonds is 5. The maximum atomic E-state index is 13.3. The van der Waals surface area contributed by atoms with Gasteiger partial charge in [-0.05, 0) is 56.0 Å². The van der Waals surface area contributed by atoms with Gasteiger partial charge in [-0.3, -0.25) is 4.79 Å². The maximum absolute atomic E-state index is 13.3. The average molecular weight is 209 g/mol. The fourth-order valence-electron chi connectivity index (χ4n) is 1.53. The molecule has 1 rings (SSSR count). The number of nitrogens with two attached hydrogens (primary N) is 1. The summed E-state index contributed by atoms with van der Waals surface area (Å²) in [5, 5.41) is 0. The van der Waals surface area contributed by atoms with Gasteiger partial charge in [-0.2, -0.15) is 0 Å². The summed E-state index contributed by atoms with van der Waals surface area (Å²) in [6.07, 6.45) is 3.28. The first-order valence-electron chi connectivity index (χ1n) is 5.13. The predicted molar refractivity (Wildman–Crippen MR) is 58.5 cm³/mol. The van der Waals surface area contributed by atoms with Crippen molar-refractivity contribution in [2.24, 2.45) is 5.73 Å². The van der Waals surface area contributed by atoms with Crippen LogP contribution in [0.15, 0.2) is 12.1 Å². The summed E-state index contributed by atoms with van der Waals surface area (Å²) in [5.41, 5.74) is 7.26. The Morgan fingerprint density at radius 1 is 1.40 bits per heavy atom. The number of benzene rings is 1. The lowest BCUT2D eigenvalue weighted by Gasteiger charge is -2.06. The summed E-state index contributed by atoms with van der Waals surface area (Å²) in [4.78, 5) is 10.8. The molecular weight excluding hydrogens is 193 g/mol. The molecule has 0 heterocycles. The van der Waals surface area contributed by atoms with Gasteiger partial charge in [-0.15, -0.1) is 0 Å². The number of hydrogen-bond acceptors (Lipinski definition) is 2. The second-order valence-corrected chi connectivity index (χ2v) is 3.66. The van der Waals surface area contributed by atoms with E-state index in [1.807, 2.05) is 0 Å². The van der Waals surface area contributed by atoms with Gasteiger partial charge in [-0.25, -0.2) is 4.39 Å². The van der Waals surface area contributed by atoms with Gasteiger partial charge in [0.25, 0.3) is 0 Å². The molecule has 0 radical (unpaired) electrons. The first kappa shape index (κ1) is 11.9. The van der Waals surface area contributed by atoms with Crippen LogP contribution in [0.2, 0.25) is 0 Å². The molecule has 0 saturated carbocycles. The molecule has 82 valence electrons. The van der Waals surface area contributed by atoms with Crippen molar-refractivity contribution >= 4 is 6.29 Å². The topological polar surface area (TPSA) is 43.1 Å². The molecule has 0 aliphatic rings. The Morgan fingerprint density at radius 2 is 2.13 bits per heavy atom. The van der Waals surface area contributed by atoms with Gasteiger partial charge in [0.1, 0.15) is 12.1 Å². The van der Waals surface area contributed by atoms with Gasteiger partial charge < -0.3 is 5.73 Å². The molecule has 2 N–H and O–H groups in total. The minimum Gasteiger partial charge on any atom is -0.330 e. The highest BCUT2D eigenvalue weighted by molar-refractivity contribution is 5.77. The second-order valence-electron chi connectivity index (χ2n) is 3.66. The van der Waals surface area contributed by atoms with Crippen molar-refractivity contribution in [1.82, 2.24) is 0 Å². The van der Waals surface area contributed by atoms with E-state index in [0.717, 1.165) is 24.7 Å². The van der Waals surface area contributed by atoms with Gasteiger partial charge in [0, 0.05) is 5.56 Å². The molecule has 3 heteroatoms. The second kappa shape index (κ2) is 5.61. The molecular formula is C12H16FNO. The molecule has 0 saturated heterocycles. The van der Waals surface area contributed by atoms with E-state index in [1.165, 1.54) is 6.07 Å². The van der Waals surface area contributed by atoms with Gasteiger partial charge in [-0.1, -0.05) is 0 Å². The number of carbonyl (C=O) groups is 1. The zero-order valence-corrected chi connectivity index (χ0v) is 8.92. The molecule has 0 bridgehead atoms. The van der Waals surface area contributed by atoms with Crippen molar-refractivity contribution in [3.63, 3.8) is 0 Å². The van der Waals surface area contributed by atoms with E-state index in [-0.39, 0.29) is 5.82 Å². The van der Waals surface area contributed by atoms with E-state index in [1.54, 1.807) is 13.0 Å². The van der Waals surface area contributed by atoms with Crippen LogP contribution in [0.4, 0.5) is 4.39 Å². The normalized spacial score (nSPS) is 10.3. The van der Waals surface area contributed by atoms with Crippen LogP contribution < -0.4 is 5.73 Å². The highest BCUT2D eigenvalue weighted by Crippen LogP contribution is 2.16. The molecule has 15 heavy (non-hydrogen) atoms. The van der Waals surface area contributed by atoms with Crippen LogP contribution in [0.1, 0.15) is 34.3 Å². The molecule has 1 aromatic carbocycles. The molecule has 0 aliphatic heterocycles. The third-order valence-electron chi connectivity index (χ3n) is 2.45. The number of unbranched alkanes of at least 4 members (excludes halogenated alkanes) is 1. The maximum Gasteiger partial charge on any atom is 0.150 e. The quantitative estimate of drug-likeness (QED) is 0.597. The minimum atomic E-state index is -0.247. The predicted octanol–water partition coefficient (Wildman–Crippen LogP) is 2.23. The Kier molecular flexibility index (Phi) is 4.43. The average Bonchev–Trinajstić information content (AvgIpc) is 2.23. The van der Waals surface area contributed by atoms with Crippen LogP contribution in [-0.4, -0.2) is 12.8 Å². The van der Waals surface area contributed by atoms with E-state index < -0.39 is 0 Å². The Hall–Kier alpha value is -1.22. The van der Waals surface area contributed by atoms with Crippen LogP contribution in [0.5, 0.6) is 0 Å². The summed E-state index contributed by atoms with van der Waals surface area (Å²) in [5.74, 6) is -0.247. The van der Waals surface area contributed by atoms with E-state index in [4.69, 9.17) is 5.73 Å². The fourth-order valence-corrected chi connectivity index (χ4v) is 1.53. The third-order valence-corrected chi connectivity index (χ3v) is 2.45. The summed E-state index contributed by atoms with van der Waals surface area (Å²) < 4.78 is 13.3. The monoisotopic (exact) mass is 209 g/mol. The standard InChI is InChI=1S/C12H16FNO/c1-9-6-11(8-15)10(7-12(9)13)4-2-3-5-14/h6-8H,2-5,14H2,1H3. The summed E-state index contributed by atoms with van der Waals surface area (Å²) in [7, 11) is 0.